The molecule has 10 heavy (non-hydrogen) atoms. The van der Waals surface area contributed by atoms with Crippen LogP contribution in [0.25, 0.3) is 0 Å². The summed E-state index contributed by atoms with van der Waals surface area (Å²) in [6.45, 7) is 3.89. The molecule has 2 heteroatoms. The van der Waals surface area contributed by atoms with Crippen molar-refractivity contribution in [3.63, 3.8) is 0 Å². The summed E-state index contributed by atoms with van der Waals surface area (Å²) < 4.78 is 0. The van der Waals surface area contributed by atoms with Gasteiger partial charge in [-0.05, 0) is 13.3 Å². The Morgan fingerprint density at radius 1 is 1.60 bits per heavy atom. The summed E-state index contributed by atoms with van der Waals surface area (Å²) in [5.74, 6) is 0. The van der Waals surface area contributed by atoms with Crippen molar-refractivity contribution in [1.29, 1.82) is 5.41 Å². The molecular weight excluding hydrogens is 124 g/mol. The van der Waals surface area contributed by atoms with Gasteiger partial charge in [-0.3, -0.25) is 0 Å². The smallest absolute Gasteiger partial charge is 0.0358 e. The van der Waals surface area contributed by atoms with Crippen LogP contribution >= 0.6 is 0 Å². The second-order valence-electron chi connectivity index (χ2n) is 1.96. The summed E-state index contributed by atoms with van der Waals surface area (Å²) in [7, 11) is 0. The largest absolute Gasteiger partial charge is 0.398 e. The van der Waals surface area contributed by atoms with Gasteiger partial charge in [-0.15, -0.1) is 0 Å². The Morgan fingerprint density at radius 3 is 2.50 bits per heavy atom. The molecule has 0 saturated carbocycles. The van der Waals surface area contributed by atoms with Crippen molar-refractivity contribution in [3.8, 4) is 0 Å². The Morgan fingerprint density at radius 2 is 2.20 bits per heavy atom. The molecule has 0 unspecified atom stereocenters. The first-order valence-corrected chi connectivity index (χ1v) is 3.39. The zero-order valence-corrected chi connectivity index (χ0v) is 6.52. The maximum Gasteiger partial charge on any atom is 0.0358 e. The van der Waals surface area contributed by atoms with Gasteiger partial charge >= 0.3 is 0 Å². The Balaban J connectivity index is 4.30. The summed E-state index contributed by atoms with van der Waals surface area (Å²) in [6, 6.07) is 0. The van der Waals surface area contributed by atoms with Crippen molar-refractivity contribution in [1.82, 2.24) is 0 Å². The lowest BCUT2D eigenvalue weighted by molar-refractivity contribution is 1.17. The average molecular weight is 138 g/mol. The fourth-order valence-electron chi connectivity index (χ4n) is 0.671. The Labute approximate surface area is 61.9 Å². The molecule has 2 nitrogen and oxygen atoms in total. The first-order chi connectivity index (χ1) is 4.76. The SMILES string of the molecule is C/C=C(C=N)\C(N)=C/CC. The van der Waals surface area contributed by atoms with Gasteiger partial charge in [0.25, 0.3) is 0 Å². The zero-order chi connectivity index (χ0) is 7.98. The number of hydrogen-bond acceptors (Lipinski definition) is 2. The van der Waals surface area contributed by atoms with Crippen molar-refractivity contribution < 1.29 is 0 Å². The van der Waals surface area contributed by atoms with Crippen LogP contribution in [0.2, 0.25) is 0 Å². The highest BCUT2D eigenvalue weighted by Gasteiger charge is 1.91. The van der Waals surface area contributed by atoms with E-state index in [0.717, 1.165) is 12.0 Å². The average Bonchev–Trinajstić information content (AvgIpc) is 1.91. The molecule has 56 valence electrons. The van der Waals surface area contributed by atoms with E-state index in [4.69, 9.17) is 11.1 Å². The molecule has 0 aromatic rings. The van der Waals surface area contributed by atoms with Gasteiger partial charge in [0.1, 0.15) is 0 Å². The predicted molar refractivity (Wildman–Crippen MR) is 45.1 cm³/mol. The van der Waals surface area contributed by atoms with E-state index in [1.807, 2.05) is 26.0 Å². The molecule has 0 aromatic carbocycles. The van der Waals surface area contributed by atoms with Gasteiger partial charge in [0, 0.05) is 17.5 Å². The molecule has 0 saturated heterocycles. The van der Waals surface area contributed by atoms with E-state index in [1.54, 1.807) is 0 Å². The molecular formula is C8H14N2. The van der Waals surface area contributed by atoms with Crippen molar-refractivity contribution in [2.75, 3.05) is 0 Å². The first kappa shape index (κ1) is 8.95. The van der Waals surface area contributed by atoms with Gasteiger partial charge in [0.05, 0.1) is 0 Å². The molecule has 0 fully saturated rings. The Kier molecular flexibility index (Phi) is 4.29. The molecule has 0 aromatic heterocycles. The van der Waals surface area contributed by atoms with E-state index in [2.05, 4.69) is 0 Å². The van der Waals surface area contributed by atoms with Crippen LogP contribution in [0, 0.1) is 5.41 Å². The fraction of sp³-hybridized carbons (Fsp3) is 0.375. The maximum atomic E-state index is 6.95. The van der Waals surface area contributed by atoms with Crippen LogP contribution in [-0.2, 0) is 0 Å². The number of allylic oxidation sites excluding steroid dienone is 3. The summed E-state index contributed by atoms with van der Waals surface area (Å²) >= 11 is 0. The van der Waals surface area contributed by atoms with Gasteiger partial charge < -0.3 is 11.1 Å². The summed E-state index contributed by atoms with van der Waals surface area (Å²) in [6.07, 6.45) is 5.91. The lowest BCUT2D eigenvalue weighted by Crippen LogP contribution is -2.01. The maximum absolute atomic E-state index is 6.95. The van der Waals surface area contributed by atoms with Gasteiger partial charge in [0.2, 0.25) is 0 Å². The normalized spacial score (nSPS) is 13.4. The topological polar surface area (TPSA) is 49.9 Å². The third-order valence-corrected chi connectivity index (χ3v) is 1.22. The molecule has 0 rings (SSSR count). The quantitative estimate of drug-likeness (QED) is 0.453. The highest BCUT2D eigenvalue weighted by Crippen LogP contribution is 2.00. The molecule has 0 heterocycles. The minimum Gasteiger partial charge on any atom is -0.398 e. The first-order valence-electron chi connectivity index (χ1n) is 3.39. The summed E-state index contributed by atoms with van der Waals surface area (Å²) in [4.78, 5) is 0. The minimum absolute atomic E-state index is 0.694. The van der Waals surface area contributed by atoms with Crippen LogP contribution in [0.5, 0.6) is 0 Å². The van der Waals surface area contributed by atoms with E-state index >= 15 is 0 Å². The standard InChI is InChI=1S/C8H14N2/c1-3-5-8(10)7(4-2)6-9/h4-6,9H,3,10H2,1-2H3/b7-4-,8-5+,9-6?. The van der Waals surface area contributed by atoms with Crippen molar-refractivity contribution in [3.05, 3.63) is 23.4 Å². The Bertz CT molecular complexity index is 166. The van der Waals surface area contributed by atoms with E-state index < -0.39 is 0 Å². The molecule has 0 aliphatic heterocycles. The second kappa shape index (κ2) is 4.79. The van der Waals surface area contributed by atoms with Gasteiger partial charge in [0.15, 0.2) is 0 Å². The lowest BCUT2D eigenvalue weighted by Gasteiger charge is -1.97. The third-order valence-electron chi connectivity index (χ3n) is 1.22. The van der Waals surface area contributed by atoms with E-state index in [1.165, 1.54) is 6.21 Å². The molecule has 0 aliphatic carbocycles. The van der Waals surface area contributed by atoms with Crippen molar-refractivity contribution in [2.45, 2.75) is 20.3 Å². The van der Waals surface area contributed by atoms with Gasteiger partial charge in [-0.1, -0.05) is 19.1 Å². The molecule has 0 bridgehead atoms. The van der Waals surface area contributed by atoms with Gasteiger partial charge in [-0.25, -0.2) is 0 Å². The minimum atomic E-state index is 0.694. The second-order valence-corrected chi connectivity index (χ2v) is 1.96. The molecule has 0 spiro atoms. The number of hydrogen-bond donors (Lipinski definition) is 2. The molecule has 0 radical (unpaired) electrons. The van der Waals surface area contributed by atoms with Crippen LogP contribution < -0.4 is 5.73 Å². The summed E-state index contributed by atoms with van der Waals surface area (Å²) in [5, 5.41) is 6.95. The van der Waals surface area contributed by atoms with Crippen LogP contribution in [0.1, 0.15) is 20.3 Å². The van der Waals surface area contributed by atoms with E-state index in [-0.39, 0.29) is 0 Å². The number of rotatable bonds is 3. The number of nitrogens with two attached hydrogens (primary N) is 1. The van der Waals surface area contributed by atoms with Crippen molar-refractivity contribution in [2.24, 2.45) is 5.73 Å². The van der Waals surface area contributed by atoms with Crippen molar-refractivity contribution >= 4 is 6.21 Å². The Hall–Kier alpha value is -1.05. The van der Waals surface area contributed by atoms with Gasteiger partial charge in [-0.2, -0.15) is 0 Å². The monoisotopic (exact) mass is 138 g/mol. The fourth-order valence-corrected chi connectivity index (χ4v) is 0.671. The molecule has 3 N–H and O–H groups in total. The summed E-state index contributed by atoms with van der Waals surface area (Å²) in [5.41, 5.74) is 7.08. The van der Waals surface area contributed by atoms with Crippen LogP contribution in [0.4, 0.5) is 0 Å². The number of nitrogens with one attached hydrogen (secondary N) is 1. The van der Waals surface area contributed by atoms with Crippen LogP contribution in [0.15, 0.2) is 23.4 Å². The lowest BCUT2D eigenvalue weighted by atomic mass is 10.2. The highest BCUT2D eigenvalue weighted by atomic mass is 14.6. The predicted octanol–water partition coefficient (Wildman–Crippen LogP) is 1.83. The van der Waals surface area contributed by atoms with E-state index in [9.17, 15) is 0 Å². The molecule has 0 amide bonds. The third kappa shape index (κ3) is 2.49. The molecule has 0 atom stereocenters. The zero-order valence-electron chi connectivity index (χ0n) is 6.52. The van der Waals surface area contributed by atoms with Crippen LogP contribution in [0.3, 0.4) is 0 Å². The molecule has 0 aliphatic rings. The van der Waals surface area contributed by atoms with E-state index in [0.29, 0.717) is 5.70 Å². The highest BCUT2D eigenvalue weighted by molar-refractivity contribution is 5.81. The van der Waals surface area contributed by atoms with Crippen LogP contribution in [-0.4, -0.2) is 6.21 Å².